The lowest BCUT2D eigenvalue weighted by Crippen LogP contribution is -1.89. The first-order chi connectivity index (χ1) is 4.81. The number of hydrogen-bond donors (Lipinski definition) is 1. The normalized spacial score (nSPS) is 13.5. The van der Waals surface area contributed by atoms with Crippen LogP contribution in [-0.4, -0.2) is 18.6 Å². The van der Waals surface area contributed by atoms with Gasteiger partial charge in [0, 0.05) is 7.11 Å². The Morgan fingerprint density at radius 2 is 2.10 bits per heavy atom. The van der Waals surface area contributed by atoms with Crippen LogP contribution in [0.5, 0.6) is 0 Å². The fourth-order valence-electron chi connectivity index (χ4n) is 0.547. The molecule has 3 nitrogen and oxygen atoms in total. The zero-order valence-electron chi connectivity index (χ0n) is 6.54. The Hall–Kier alpha value is 0.310. The van der Waals surface area contributed by atoms with Crippen LogP contribution in [0, 0.1) is 0 Å². The molecule has 10 heavy (non-hydrogen) atoms. The molecule has 0 radical (unpaired) electrons. The molecule has 1 N–H and O–H groups in total. The van der Waals surface area contributed by atoms with Crippen molar-refractivity contribution in [3.63, 3.8) is 0 Å². The summed E-state index contributed by atoms with van der Waals surface area (Å²) in [6.07, 6.45) is 3.31. The van der Waals surface area contributed by atoms with Gasteiger partial charge in [0.2, 0.25) is 0 Å². The molecule has 0 aliphatic rings. The molecule has 0 saturated carbocycles. The fourth-order valence-corrected chi connectivity index (χ4v) is 0.938. The van der Waals surface area contributed by atoms with Crippen molar-refractivity contribution in [2.45, 2.75) is 26.2 Å². The van der Waals surface area contributed by atoms with Gasteiger partial charge in [-0.3, -0.25) is 0 Å². The van der Waals surface area contributed by atoms with Crippen LogP contribution >= 0.6 is 8.60 Å². The monoisotopic (exact) mass is 166 g/mol. The molecule has 4 heteroatoms. The molecular formula is C6H15O3P. The molecule has 1 atom stereocenters. The van der Waals surface area contributed by atoms with E-state index in [0.717, 1.165) is 12.8 Å². The summed E-state index contributed by atoms with van der Waals surface area (Å²) in [4.78, 5) is 8.78. The number of unbranched alkanes of at least 4 members (excludes halogenated alkanes) is 2. The van der Waals surface area contributed by atoms with E-state index in [1.54, 1.807) is 0 Å². The van der Waals surface area contributed by atoms with Gasteiger partial charge in [0.05, 0.1) is 6.61 Å². The summed E-state index contributed by atoms with van der Waals surface area (Å²) in [7, 11) is -0.159. The van der Waals surface area contributed by atoms with Crippen molar-refractivity contribution in [1.29, 1.82) is 0 Å². The Balaban J connectivity index is 2.89. The highest BCUT2D eigenvalue weighted by Gasteiger charge is 2.00. The van der Waals surface area contributed by atoms with Crippen LogP contribution in [0.2, 0.25) is 0 Å². The summed E-state index contributed by atoms with van der Waals surface area (Å²) in [5, 5.41) is 0. The molecular weight excluding hydrogens is 151 g/mol. The fraction of sp³-hybridized carbons (Fsp3) is 1.00. The highest BCUT2D eigenvalue weighted by atomic mass is 31.2. The average Bonchev–Trinajstić information content (AvgIpc) is 1.98. The number of rotatable bonds is 6. The standard InChI is InChI=1S/C6H15O3P/c1-3-4-5-6-9-10(7)8-2/h7H,3-6H2,1-2H3. The zero-order chi connectivity index (χ0) is 7.82. The van der Waals surface area contributed by atoms with Gasteiger partial charge in [-0.25, -0.2) is 0 Å². The second-order valence-electron chi connectivity index (χ2n) is 1.96. The van der Waals surface area contributed by atoms with Crippen molar-refractivity contribution in [3.8, 4) is 0 Å². The Morgan fingerprint density at radius 1 is 1.40 bits per heavy atom. The third kappa shape index (κ3) is 6.43. The lowest BCUT2D eigenvalue weighted by molar-refractivity contribution is 0.225. The molecule has 0 aromatic rings. The molecule has 0 rings (SSSR count). The molecule has 0 saturated heterocycles. The molecule has 62 valence electrons. The summed E-state index contributed by atoms with van der Waals surface area (Å²) in [6, 6.07) is 0. The summed E-state index contributed by atoms with van der Waals surface area (Å²) < 4.78 is 9.42. The van der Waals surface area contributed by atoms with Crippen molar-refractivity contribution in [2.24, 2.45) is 0 Å². The molecule has 0 aliphatic carbocycles. The Morgan fingerprint density at radius 3 is 2.60 bits per heavy atom. The van der Waals surface area contributed by atoms with E-state index >= 15 is 0 Å². The summed E-state index contributed by atoms with van der Waals surface area (Å²) >= 11 is 0. The van der Waals surface area contributed by atoms with E-state index < -0.39 is 8.60 Å². The summed E-state index contributed by atoms with van der Waals surface area (Å²) in [5.74, 6) is 0. The maximum Gasteiger partial charge on any atom is 0.329 e. The third-order valence-electron chi connectivity index (χ3n) is 1.11. The Kier molecular flexibility index (Phi) is 7.65. The van der Waals surface area contributed by atoms with Gasteiger partial charge < -0.3 is 13.9 Å². The predicted molar refractivity (Wildman–Crippen MR) is 41.6 cm³/mol. The second-order valence-corrected chi connectivity index (χ2v) is 3.06. The minimum Gasteiger partial charge on any atom is -0.328 e. The maximum atomic E-state index is 8.78. The van der Waals surface area contributed by atoms with Crippen LogP contribution in [-0.2, 0) is 9.05 Å². The molecule has 0 bridgehead atoms. The second kappa shape index (κ2) is 7.42. The molecule has 1 unspecified atom stereocenters. The van der Waals surface area contributed by atoms with Crippen LogP contribution in [0.4, 0.5) is 0 Å². The SMILES string of the molecule is CCCCCOP(O)OC. The van der Waals surface area contributed by atoms with Gasteiger partial charge in [-0.1, -0.05) is 19.8 Å². The number of hydrogen-bond acceptors (Lipinski definition) is 3. The van der Waals surface area contributed by atoms with Gasteiger partial charge in [-0.05, 0) is 6.42 Å². The first-order valence-corrected chi connectivity index (χ1v) is 4.60. The highest BCUT2D eigenvalue weighted by Crippen LogP contribution is 2.30. The van der Waals surface area contributed by atoms with Crippen LogP contribution in [0.25, 0.3) is 0 Å². The Labute approximate surface area is 63.3 Å². The minimum atomic E-state index is -1.59. The van der Waals surface area contributed by atoms with Crippen molar-refractivity contribution in [2.75, 3.05) is 13.7 Å². The van der Waals surface area contributed by atoms with Gasteiger partial charge in [-0.2, -0.15) is 0 Å². The summed E-state index contributed by atoms with van der Waals surface area (Å²) in [6.45, 7) is 2.72. The van der Waals surface area contributed by atoms with E-state index in [1.807, 2.05) is 0 Å². The van der Waals surface area contributed by atoms with E-state index in [1.165, 1.54) is 13.5 Å². The van der Waals surface area contributed by atoms with Crippen molar-refractivity contribution < 1.29 is 13.9 Å². The molecule has 0 fully saturated rings. The minimum absolute atomic E-state index is 0.601. The molecule has 0 aromatic carbocycles. The molecule has 0 amide bonds. The van der Waals surface area contributed by atoms with E-state index in [9.17, 15) is 0 Å². The predicted octanol–water partition coefficient (Wildman–Crippen LogP) is 2.06. The quantitative estimate of drug-likeness (QED) is 0.484. The highest BCUT2D eigenvalue weighted by molar-refractivity contribution is 7.40. The molecule has 0 aliphatic heterocycles. The zero-order valence-corrected chi connectivity index (χ0v) is 7.43. The van der Waals surface area contributed by atoms with Crippen LogP contribution in [0.15, 0.2) is 0 Å². The molecule has 0 heterocycles. The summed E-state index contributed by atoms with van der Waals surface area (Å²) in [5.41, 5.74) is 0. The van der Waals surface area contributed by atoms with E-state index in [2.05, 4.69) is 11.4 Å². The van der Waals surface area contributed by atoms with Crippen LogP contribution in [0.3, 0.4) is 0 Å². The van der Waals surface area contributed by atoms with Crippen molar-refractivity contribution >= 4 is 8.60 Å². The smallest absolute Gasteiger partial charge is 0.328 e. The van der Waals surface area contributed by atoms with Gasteiger partial charge in [0.25, 0.3) is 0 Å². The van der Waals surface area contributed by atoms with Crippen molar-refractivity contribution in [3.05, 3.63) is 0 Å². The topological polar surface area (TPSA) is 38.7 Å². The largest absolute Gasteiger partial charge is 0.329 e. The first kappa shape index (κ1) is 10.3. The lowest BCUT2D eigenvalue weighted by Gasteiger charge is -2.05. The van der Waals surface area contributed by atoms with Crippen LogP contribution < -0.4 is 0 Å². The first-order valence-electron chi connectivity index (χ1n) is 3.47. The van der Waals surface area contributed by atoms with Gasteiger partial charge >= 0.3 is 8.60 Å². The third-order valence-corrected chi connectivity index (χ3v) is 1.82. The maximum absolute atomic E-state index is 8.78. The van der Waals surface area contributed by atoms with Gasteiger partial charge in [0.1, 0.15) is 0 Å². The Bertz CT molecular complexity index is 70.0. The van der Waals surface area contributed by atoms with Gasteiger partial charge in [-0.15, -0.1) is 0 Å². The van der Waals surface area contributed by atoms with Crippen molar-refractivity contribution in [1.82, 2.24) is 0 Å². The van der Waals surface area contributed by atoms with E-state index in [-0.39, 0.29) is 0 Å². The van der Waals surface area contributed by atoms with Gasteiger partial charge in [0.15, 0.2) is 0 Å². The van der Waals surface area contributed by atoms with Crippen LogP contribution in [0.1, 0.15) is 26.2 Å². The lowest BCUT2D eigenvalue weighted by atomic mass is 10.3. The van der Waals surface area contributed by atoms with E-state index in [0.29, 0.717) is 6.61 Å². The van der Waals surface area contributed by atoms with E-state index in [4.69, 9.17) is 9.42 Å². The average molecular weight is 166 g/mol. The molecule has 0 aromatic heterocycles. The molecule has 0 spiro atoms.